The highest BCUT2D eigenvalue weighted by Gasteiger charge is 2.29. The van der Waals surface area contributed by atoms with Crippen LogP contribution >= 0.6 is 0 Å². The average Bonchev–Trinajstić information content (AvgIpc) is 2.67. The Morgan fingerprint density at radius 3 is 2.36 bits per heavy atom. The number of carbonyl (C=O) groups excluding carboxylic acids is 1. The minimum absolute atomic E-state index is 0.231. The molecule has 0 aliphatic carbocycles. The Bertz CT molecular complexity index is 860. The third-order valence-corrected chi connectivity index (χ3v) is 4.12. The molecule has 0 aromatic carbocycles. The summed E-state index contributed by atoms with van der Waals surface area (Å²) in [6, 6.07) is 3.36. The molecule has 0 atom stereocenters. The molecule has 1 fully saturated rings. The van der Waals surface area contributed by atoms with Crippen molar-refractivity contribution in [1.29, 1.82) is 0 Å². The molecular formula is C18H22N6O4. The maximum Gasteiger partial charge on any atom is 0.410 e. The average molecular weight is 386 g/mol. The number of pyridine rings is 1. The fourth-order valence-electron chi connectivity index (χ4n) is 2.85. The molecule has 10 heteroatoms. The molecule has 2 aromatic heterocycles. The molecule has 1 aliphatic heterocycles. The van der Waals surface area contributed by atoms with E-state index in [0.717, 1.165) is 0 Å². The summed E-state index contributed by atoms with van der Waals surface area (Å²) in [6.07, 6.45) is 4.21. The standard InChI is InChI=1S/C18H22N6O4/c1-18(2,3)28-17(25)23-9-7-22(8-10-23)14-11-13(12-21-16(14)24(26)27)15-19-5-4-6-20-15/h4-6,11-12H,7-10H2,1-3H3. The molecule has 2 aromatic rings. The van der Waals surface area contributed by atoms with Gasteiger partial charge in [-0.25, -0.2) is 14.8 Å². The van der Waals surface area contributed by atoms with Crippen molar-refractivity contribution < 1.29 is 14.5 Å². The number of amides is 1. The predicted molar refractivity (Wildman–Crippen MR) is 102 cm³/mol. The van der Waals surface area contributed by atoms with Crippen molar-refractivity contribution in [3.63, 3.8) is 0 Å². The number of aromatic nitrogens is 3. The molecule has 1 amide bonds. The van der Waals surface area contributed by atoms with Gasteiger partial charge in [-0.1, -0.05) is 0 Å². The zero-order valence-corrected chi connectivity index (χ0v) is 16.0. The van der Waals surface area contributed by atoms with Gasteiger partial charge in [0.1, 0.15) is 11.3 Å². The second-order valence-electron chi connectivity index (χ2n) is 7.35. The van der Waals surface area contributed by atoms with Crippen LogP contribution in [0.2, 0.25) is 0 Å². The van der Waals surface area contributed by atoms with Crippen LogP contribution < -0.4 is 4.90 Å². The molecule has 0 saturated carbocycles. The van der Waals surface area contributed by atoms with Crippen LogP contribution in [0.1, 0.15) is 20.8 Å². The maximum absolute atomic E-state index is 12.2. The van der Waals surface area contributed by atoms with Gasteiger partial charge >= 0.3 is 11.9 Å². The lowest BCUT2D eigenvalue weighted by Gasteiger charge is -2.36. The Labute approximate surface area is 162 Å². The summed E-state index contributed by atoms with van der Waals surface area (Å²) >= 11 is 0. The molecule has 1 saturated heterocycles. The van der Waals surface area contributed by atoms with Crippen molar-refractivity contribution >= 4 is 17.6 Å². The van der Waals surface area contributed by atoms with E-state index in [9.17, 15) is 14.9 Å². The minimum atomic E-state index is -0.569. The molecule has 0 radical (unpaired) electrons. The van der Waals surface area contributed by atoms with Crippen LogP contribution in [0.4, 0.5) is 16.3 Å². The van der Waals surface area contributed by atoms with E-state index in [1.165, 1.54) is 6.20 Å². The van der Waals surface area contributed by atoms with Gasteiger partial charge in [0.05, 0.1) is 5.56 Å². The zero-order chi connectivity index (χ0) is 20.3. The number of hydrogen-bond acceptors (Lipinski definition) is 8. The van der Waals surface area contributed by atoms with E-state index in [4.69, 9.17) is 4.74 Å². The van der Waals surface area contributed by atoms with E-state index in [1.807, 2.05) is 25.7 Å². The summed E-state index contributed by atoms with van der Waals surface area (Å²) < 4.78 is 5.39. The molecule has 28 heavy (non-hydrogen) atoms. The van der Waals surface area contributed by atoms with E-state index in [-0.39, 0.29) is 11.9 Å². The molecule has 10 nitrogen and oxygen atoms in total. The number of piperazine rings is 1. The van der Waals surface area contributed by atoms with Crippen LogP contribution in [-0.2, 0) is 4.74 Å². The number of nitrogens with zero attached hydrogens (tertiary/aromatic N) is 6. The molecule has 0 bridgehead atoms. The molecule has 3 rings (SSSR count). The van der Waals surface area contributed by atoms with E-state index >= 15 is 0 Å². The van der Waals surface area contributed by atoms with Gasteiger partial charge in [-0.15, -0.1) is 0 Å². The van der Waals surface area contributed by atoms with Crippen LogP contribution in [0, 0.1) is 10.1 Å². The highest BCUT2D eigenvalue weighted by molar-refractivity contribution is 5.71. The van der Waals surface area contributed by atoms with Gasteiger partial charge < -0.3 is 24.7 Å². The lowest BCUT2D eigenvalue weighted by molar-refractivity contribution is -0.388. The largest absolute Gasteiger partial charge is 0.444 e. The Kier molecular flexibility index (Phi) is 5.39. The second kappa shape index (κ2) is 7.75. The number of nitro groups is 1. The molecule has 148 valence electrons. The van der Waals surface area contributed by atoms with Gasteiger partial charge in [0.2, 0.25) is 0 Å². The highest BCUT2D eigenvalue weighted by atomic mass is 16.6. The molecule has 0 unspecified atom stereocenters. The number of rotatable bonds is 3. The van der Waals surface area contributed by atoms with Crippen LogP contribution in [0.15, 0.2) is 30.7 Å². The molecule has 0 spiro atoms. The Morgan fingerprint density at radius 2 is 1.79 bits per heavy atom. The van der Waals surface area contributed by atoms with Gasteiger partial charge in [-0.05, 0) is 42.8 Å². The topological polar surface area (TPSA) is 115 Å². The fourth-order valence-corrected chi connectivity index (χ4v) is 2.85. The van der Waals surface area contributed by atoms with Gasteiger partial charge in [-0.3, -0.25) is 0 Å². The first-order valence-corrected chi connectivity index (χ1v) is 8.89. The number of carbonyl (C=O) groups is 1. The maximum atomic E-state index is 12.2. The summed E-state index contributed by atoms with van der Waals surface area (Å²) in [6.45, 7) is 7.10. The Morgan fingerprint density at radius 1 is 1.14 bits per heavy atom. The molecule has 0 N–H and O–H groups in total. The van der Waals surface area contributed by atoms with Crippen LogP contribution in [-0.4, -0.2) is 62.6 Å². The van der Waals surface area contributed by atoms with Crippen LogP contribution in [0.3, 0.4) is 0 Å². The summed E-state index contributed by atoms with van der Waals surface area (Å²) in [5, 5.41) is 11.4. The monoisotopic (exact) mass is 386 g/mol. The molecule has 1 aliphatic rings. The van der Waals surface area contributed by atoms with E-state index < -0.39 is 10.5 Å². The van der Waals surface area contributed by atoms with Gasteiger partial charge in [0.15, 0.2) is 12.0 Å². The fraction of sp³-hybridized carbons (Fsp3) is 0.444. The first-order valence-electron chi connectivity index (χ1n) is 8.89. The van der Waals surface area contributed by atoms with E-state index in [0.29, 0.717) is 43.3 Å². The van der Waals surface area contributed by atoms with Gasteiger partial charge in [0.25, 0.3) is 0 Å². The third kappa shape index (κ3) is 4.51. The van der Waals surface area contributed by atoms with Crippen molar-refractivity contribution in [3.8, 4) is 11.4 Å². The summed E-state index contributed by atoms with van der Waals surface area (Å²) in [5.74, 6) is 0.212. The summed E-state index contributed by atoms with van der Waals surface area (Å²) in [5.41, 5.74) is 0.413. The first kappa shape index (κ1) is 19.5. The predicted octanol–water partition coefficient (Wildman–Crippen LogP) is 2.50. The second-order valence-corrected chi connectivity index (χ2v) is 7.35. The van der Waals surface area contributed by atoms with Gasteiger partial charge in [0, 0.05) is 38.6 Å². The molecular weight excluding hydrogens is 364 g/mol. The van der Waals surface area contributed by atoms with Crippen molar-refractivity contribution in [1.82, 2.24) is 19.9 Å². The highest BCUT2D eigenvalue weighted by Crippen LogP contribution is 2.30. The Hall–Kier alpha value is -3.30. The third-order valence-electron chi connectivity index (χ3n) is 4.12. The number of hydrogen-bond donors (Lipinski definition) is 0. The van der Waals surface area contributed by atoms with Crippen molar-refractivity contribution in [2.45, 2.75) is 26.4 Å². The SMILES string of the molecule is CC(C)(C)OC(=O)N1CCN(c2cc(-c3ncccn3)cnc2[N+](=O)[O-])CC1. The minimum Gasteiger partial charge on any atom is -0.444 e. The normalized spacial score (nSPS) is 14.7. The van der Waals surface area contributed by atoms with E-state index in [1.54, 1.807) is 29.4 Å². The quantitative estimate of drug-likeness (QED) is 0.584. The van der Waals surface area contributed by atoms with Crippen LogP contribution in [0.5, 0.6) is 0 Å². The van der Waals surface area contributed by atoms with E-state index in [2.05, 4.69) is 15.0 Å². The lowest BCUT2D eigenvalue weighted by Crippen LogP contribution is -2.50. The van der Waals surface area contributed by atoms with Crippen LogP contribution in [0.25, 0.3) is 11.4 Å². The number of anilines is 1. The van der Waals surface area contributed by atoms with Crippen molar-refractivity contribution in [2.24, 2.45) is 0 Å². The zero-order valence-electron chi connectivity index (χ0n) is 16.0. The number of ether oxygens (including phenoxy) is 1. The van der Waals surface area contributed by atoms with Gasteiger partial charge in [-0.2, -0.15) is 0 Å². The first-order chi connectivity index (χ1) is 13.2. The molecule has 3 heterocycles. The smallest absolute Gasteiger partial charge is 0.410 e. The van der Waals surface area contributed by atoms with Crippen molar-refractivity contribution in [2.75, 3.05) is 31.1 Å². The Balaban J connectivity index is 1.80. The van der Waals surface area contributed by atoms with Crippen molar-refractivity contribution in [3.05, 3.63) is 40.8 Å². The lowest BCUT2D eigenvalue weighted by atomic mass is 10.2. The summed E-state index contributed by atoms with van der Waals surface area (Å²) in [7, 11) is 0. The summed E-state index contributed by atoms with van der Waals surface area (Å²) in [4.78, 5) is 38.9.